The molecular formula is C16H26ClN3O2S. The molecule has 0 amide bonds. The van der Waals surface area contributed by atoms with Gasteiger partial charge in [-0.2, -0.15) is 4.31 Å². The van der Waals surface area contributed by atoms with Crippen molar-refractivity contribution in [3.63, 3.8) is 0 Å². The van der Waals surface area contributed by atoms with Gasteiger partial charge in [0.15, 0.2) is 0 Å². The van der Waals surface area contributed by atoms with Crippen molar-refractivity contribution in [2.45, 2.75) is 18.2 Å². The molecule has 0 saturated carbocycles. The highest BCUT2D eigenvalue weighted by molar-refractivity contribution is 7.89. The zero-order chi connectivity index (χ0) is 15.6. The number of benzene rings is 1. The van der Waals surface area contributed by atoms with E-state index in [0.29, 0.717) is 23.4 Å². The Kier molecular flexibility index (Phi) is 6.08. The van der Waals surface area contributed by atoms with E-state index in [0.717, 1.165) is 32.7 Å². The van der Waals surface area contributed by atoms with Crippen molar-refractivity contribution in [2.75, 3.05) is 45.8 Å². The number of sulfonamides is 1. The predicted octanol–water partition coefficient (Wildman–Crippen LogP) is 1.41. The Morgan fingerprint density at radius 2 is 1.78 bits per heavy atom. The van der Waals surface area contributed by atoms with Crippen LogP contribution in [0.25, 0.3) is 0 Å². The SMILES string of the molecule is CC1(CN2CCN(S(=O)(=O)c3ccccc3)CC2)CCNC1.Cl. The molecule has 0 aliphatic carbocycles. The molecule has 7 heteroatoms. The van der Waals surface area contributed by atoms with E-state index < -0.39 is 10.0 Å². The van der Waals surface area contributed by atoms with Crippen LogP contribution in [-0.4, -0.2) is 63.4 Å². The van der Waals surface area contributed by atoms with E-state index in [1.54, 1.807) is 28.6 Å². The van der Waals surface area contributed by atoms with Crippen molar-refractivity contribution in [2.24, 2.45) is 5.41 Å². The summed E-state index contributed by atoms with van der Waals surface area (Å²) in [4.78, 5) is 2.81. The van der Waals surface area contributed by atoms with Gasteiger partial charge in [0.05, 0.1) is 4.90 Å². The minimum absolute atomic E-state index is 0. The summed E-state index contributed by atoms with van der Waals surface area (Å²) in [5.41, 5.74) is 0.334. The average molecular weight is 360 g/mol. The molecule has 2 saturated heterocycles. The van der Waals surface area contributed by atoms with Gasteiger partial charge in [-0.15, -0.1) is 12.4 Å². The summed E-state index contributed by atoms with van der Waals surface area (Å²) in [6.45, 7) is 8.35. The van der Waals surface area contributed by atoms with E-state index in [-0.39, 0.29) is 12.4 Å². The van der Waals surface area contributed by atoms with Crippen LogP contribution in [0.5, 0.6) is 0 Å². The number of halogens is 1. The molecule has 1 unspecified atom stereocenters. The van der Waals surface area contributed by atoms with Gasteiger partial charge in [-0.3, -0.25) is 0 Å². The molecule has 1 aromatic rings. The van der Waals surface area contributed by atoms with Crippen molar-refractivity contribution in [3.05, 3.63) is 30.3 Å². The second kappa shape index (κ2) is 7.49. The minimum atomic E-state index is -3.33. The lowest BCUT2D eigenvalue weighted by atomic mass is 9.89. The van der Waals surface area contributed by atoms with Crippen molar-refractivity contribution >= 4 is 22.4 Å². The molecule has 2 fully saturated rings. The fraction of sp³-hybridized carbons (Fsp3) is 0.625. The van der Waals surface area contributed by atoms with Gasteiger partial charge >= 0.3 is 0 Å². The van der Waals surface area contributed by atoms with Gasteiger partial charge in [0, 0.05) is 39.3 Å². The Labute approximate surface area is 145 Å². The first kappa shape index (κ1) is 18.7. The third-order valence-corrected chi connectivity index (χ3v) is 6.69. The van der Waals surface area contributed by atoms with Crippen LogP contribution in [0.15, 0.2) is 35.2 Å². The van der Waals surface area contributed by atoms with Crippen LogP contribution in [0, 0.1) is 5.41 Å². The number of rotatable bonds is 4. The summed E-state index contributed by atoms with van der Waals surface area (Å²) >= 11 is 0. The van der Waals surface area contributed by atoms with Gasteiger partial charge < -0.3 is 10.2 Å². The molecule has 2 aliphatic heterocycles. The second-order valence-corrected chi connectivity index (χ2v) is 8.67. The monoisotopic (exact) mass is 359 g/mol. The van der Waals surface area contributed by atoms with Gasteiger partial charge in [0.2, 0.25) is 10.0 Å². The molecule has 0 bridgehead atoms. The molecule has 2 heterocycles. The van der Waals surface area contributed by atoms with E-state index in [9.17, 15) is 8.42 Å². The lowest BCUT2D eigenvalue weighted by molar-refractivity contribution is 0.132. The minimum Gasteiger partial charge on any atom is -0.316 e. The third kappa shape index (κ3) is 4.25. The van der Waals surface area contributed by atoms with E-state index in [1.165, 1.54) is 6.42 Å². The summed E-state index contributed by atoms with van der Waals surface area (Å²) in [6.07, 6.45) is 1.20. The molecule has 0 aromatic heterocycles. The first-order valence-electron chi connectivity index (χ1n) is 7.98. The molecular weight excluding hydrogens is 334 g/mol. The molecule has 5 nitrogen and oxygen atoms in total. The maximum atomic E-state index is 12.6. The molecule has 1 atom stereocenters. The van der Waals surface area contributed by atoms with E-state index >= 15 is 0 Å². The molecule has 3 rings (SSSR count). The van der Waals surface area contributed by atoms with E-state index in [4.69, 9.17) is 0 Å². The summed E-state index contributed by atoms with van der Waals surface area (Å²) in [5, 5.41) is 3.42. The second-order valence-electron chi connectivity index (χ2n) is 6.73. The summed E-state index contributed by atoms with van der Waals surface area (Å²) in [7, 11) is -3.33. The number of hydrogen-bond acceptors (Lipinski definition) is 4. The van der Waals surface area contributed by atoms with Crippen LogP contribution in [0.3, 0.4) is 0 Å². The van der Waals surface area contributed by atoms with Crippen molar-refractivity contribution < 1.29 is 8.42 Å². The van der Waals surface area contributed by atoms with Crippen molar-refractivity contribution in [3.8, 4) is 0 Å². The quantitative estimate of drug-likeness (QED) is 0.883. The predicted molar refractivity (Wildman–Crippen MR) is 94.5 cm³/mol. The highest BCUT2D eigenvalue weighted by atomic mass is 35.5. The molecule has 130 valence electrons. The Balaban J connectivity index is 0.00000192. The van der Waals surface area contributed by atoms with Crippen LogP contribution in [0.1, 0.15) is 13.3 Å². The lowest BCUT2D eigenvalue weighted by Crippen LogP contribution is -2.51. The van der Waals surface area contributed by atoms with Crippen LogP contribution in [0.2, 0.25) is 0 Å². The van der Waals surface area contributed by atoms with Gasteiger partial charge in [0.25, 0.3) is 0 Å². The van der Waals surface area contributed by atoms with Gasteiger partial charge in [-0.25, -0.2) is 8.42 Å². The molecule has 0 radical (unpaired) electrons. The largest absolute Gasteiger partial charge is 0.316 e. The summed E-state index contributed by atoms with van der Waals surface area (Å²) in [5.74, 6) is 0. The topological polar surface area (TPSA) is 52.7 Å². The molecule has 2 aliphatic rings. The van der Waals surface area contributed by atoms with Gasteiger partial charge in [0.1, 0.15) is 0 Å². The van der Waals surface area contributed by atoms with Gasteiger partial charge in [-0.05, 0) is 30.5 Å². The Hall–Kier alpha value is -0.660. The fourth-order valence-electron chi connectivity index (χ4n) is 3.41. The standard InChI is InChI=1S/C16H25N3O2S.ClH/c1-16(7-8-17-13-16)14-18-9-11-19(12-10-18)22(20,21)15-5-3-2-4-6-15;/h2-6,17H,7-14H2,1H3;1H. The molecule has 0 spiro atoms. The van der Waals surface area contributed by atoms with Crippen LogP contribution in [0.4, 0.5) is 0 Å². The molecule has 1 aromatic carbocycles. The Bertz CT molecular complexity index is 595. The Morgan fingerprint density at radius 1 is 1.13 bits per heavy atom. The normalized spacial score (nSPS) is 26.8. The van der Waals surface area contributed by atoms with Crippen molar-refractivity contribution in [1.29, 1.82) is 0 Å². The van der Waals surface area contributed by atoms with E-state index in [2.05, 4.69) is 17.1 Å². The van der Waals surface area contributed by atoms with Crippen LogP contribution < -0.4 is 5.32 Å². The molecule has 23 heavy (non-hydrogen) atoms. The van der Waals surface area contributed by atoms with Gasteiger partial charge in [-0.1, -0.05) is 25.1 Å². The van der Waals surface area contributed by atoms with Crippen LogP contribution in [-0.2, 0) is 10.0 Å². The first-order valence-corrected chi connectivity index (χ1v) is 9.42. The maximum Gasteiger partial charge on any atom is 0.243 e. The average Bonchev–Trinajstić information content (AvgIpc) is 2.95. The number of piperazine rings is 1. The van der Waals surface area contributed by atoms with Crippen molar-refractivity contribution in [1.82, 2.24) is 14.5 Å². The Morgan fingerprint density at radius 3 is 2.35 bits per heavy atom. The first-order chi connectivity index (χ1) is 10.5. The number of nitrogens with zero attached hydrogens (tertiary/aromatic N) is 2. The van der Waals surface area contributed by atoms with E-state index in [1.807, 2.05) is 6.07 Å². The zero-order valence-corrected chi connectivity index (χ0v) is 15.2. The summed E-state index contributed by atoms with van der Waals surface area (Å²) in [6, 6.07) is 8.74. The molecule has 1 N–H and O–H groups in total. The summed E-state index contributed by atoms with van der Waals surface area (Å²) < 4.78 is 26.8. The fourth-order valence-corrected chi connectivity index (χ4v) is 4.86. The zero-order valence-electron chi connectivity index (χ0n) is 13.6. The smallest absolute Gasteiger partial charge is 0.243 e. The lowest BCUT2D eigenvalue weighted by Gasteiger charge is -2.38. The van der Waals surface area contributed by atoms with Crippen LogP contribution >= 0.6 is 12.4 Å². The highest BCUT2D eigenvalue weighted by Gasteiger charge is 2.34. The highest BCUT2D eigenvalue weighted by Crippen LogP contribution is 2.26. The number of nitrogens with one attached hydrogen (secondary N) is 1. The maximum absolute atomic E-state index is 12.6. The number of hydrogen-bond donors (Lipinski definition) is 1. The third-order valence-electron chi connectivity index (χ3n) is 4.77.